The van der Waals surface area contributed by atoms with E-state index in [1.165, 1.54) is 0 Å². The van der Waals surface area contributed by atoms with Crippen LogP contribution in [0, 0.1) is 20.8 Å². The van der Waals surface area contributed by atoms with Crippen LogP contribution in [0.4, 0.5) is 11.4 Å². The fourth-order valence-corrected chi connectivity index (χ4v) is 2.76. The van der Waals surface area contributed by atoms with Crippen LogP contribution in [0.5, 0.6) is 5.75 Å². The van der Waals surface area contributed by atoms with Crippen molar-refractivity contribution >= 4 is 40.5 Å². The summed E-state index contributed by atoms with van der Waals surface area (Å²) in [5.41, 5.74) is 9.54. The maximum atomic E-state index is 12.0. The summed E-state index contributed by atoms with van der Waals surface area (Å²) in [6, 6.07) is 7.06. The average Bonchev–Trinajstić information content (AvgIpc) is 2.43. The quantitative estimate of drug-likeness (QED) is 0.795. The van der Waals surface area contributed by atoms with Gasteiger partial charge in [0.15, 0.2) is 6.61 Å². The molecule has 6 heteroatoms. The molecular weight excluding hydrogens is 335 g/mol. The molecular formula is C17H18Cl2N2O2. The Morgan fingerprint density at radius 3 is 2.43 bits per heavy atom. The highest BCUT2D eigenvalue weighted by Gasteiger charge is 2.11. The van der Waals surface area contributed by atoms with E-state index in [2.05, 4.69) is 5.32 Å². The van der Waals surface area contributed by atoms with Crippen molar-refractivity contribution in [2.75, 3.05) is 17.7 Å². The number of nitrogen functional groups attached to an aromatic ring is 1. The average molecular weight is 353 g/mol. The normalized spacial score (nSPS) is 10.5. The molecule has 0 aromatic heterocycles. The number of aryl methyl sites for hydroxylation is 3. The van der Waals surface area contributed by atoms with Crippen LogP contribution in [0.2, 0.25) is 10.0 Å². The summed E-state index contributed by atoms with van der Waals surface area (Å²) >= 11 is 12.2. The molecule has 2 rings (SSSR count). The number of benzene rings is 2. The molecule has 4 nitrogen and oxygen atoms in total. The van der Waals surface area contributed by atoms with Crippen LogP contribution in [0.3, 0.4) is 0 Å². The van der Waals surface area contributed by atoms with Crippen molar-refractivity contribution in [2.24, 2.45) is 0 Å². The Morgan fingerprint density at radius 1 is 1.09 bits per heavy atom. The predicted molar refractivity (Wildman–Crippen MR) is 95.7 cm³/mol. The number of hydrogen-bond donors (Lipinski definition) is 2. The third-order valence-corrected chi connectivity index (χ3v) is 4.01. The van der Waals surface area contributed by atoms with Gasteiger partial charge in [0.05, 0.1) is 16.4 Å². The Hall–Kier alpha value is -1.91. The third-order valence-electron chi connectivity index (χ3n) is 3.33. The van der Waals surface area contributed by atoms with Gasteiger partial charge in [0.1, 0.15) is 5.75 Å². The van der Waals surface area contributed by atoms with Crippen molar-refractivity contribution in [1.29, 1.82) is 0 Å². The van der Waals surface area contributed by atoms with E-state index in [4.69, 9.17) is 33.7 Å². The van der Waals surface area contributed by atoms with Crippen molar-refractivity contribution in [3.8, 4) is 5.75 Å². The molecule has 0 saturated carbocycles. The van der Waals surface area contributed by atoms with Crippen LogP contribution in [0.1, 0.15) is 16.7 Å². The second kappa shape index (κ2) is 7.11. The Morgan fingerprint density at radius 2 is 1.78 bits per heavy atom. The zero-order chi connectivity index (χ0) is 17.1. The van der Waals surface area contributed by atoms with Crippen molar-refractivity contribution in [3.05, 3.63) is 51.0 Å². The topological polar surface area (TPSA) is 64.3 Å². The molecule has 3 N–H and O–H groups in total. The molecule has 0 aliphatic rings. The van der Waals surface area contributed by atoms with Gasteiger partial charge in [-0.25, -0.2) is 0 Å². The largest absolute Gasteiger partial charge is 0.482 e. The van der Waals surface area contributed by atoms with Gasteiger partial charge in [0.2, 0.25) is 0 Å². The summed E-state index contributed by atoms with van der Waals surface area (Å²) in [5.74, 6) is 0.162. The molecule has 0 radical (unpaired) electrons. The van der Waals surface area contributed by atoms with Gasteiger partial charge in [-0.15, -0.1) is 0 Å². The van der Waals surface area contributed by atoms with E-state index in [1.807, 2.05) is 26.8 Å². The molecule has 23 heavy (non-hydrogen) atoms. The number of nitrogens with two attached hydrogens (primary N) is 1. The minimum absolute atomic E-state index is 0.172. The molecule has 0 fully saturated rings. The minimum atomic E-state index is -0.340. The zero-order valence-corrected chi connectivity index (χ0v) is 14.7. The van der Waals surface area contributed by atoms with Crippen LogP contribution in [-0.2, 0) is 4.79 Å². The first kappa shape index (κ1) is 17.4. The van der Waals surface area contributed by atoms with Crippen molar-refractivity contribution < 1.29 is 9.53 Å². The van der Waals surface area contributed by atoms with Crippen molar-refractivity contribution in [3.63, 3.8) is 0 Å². The molecule has 2 aromatic rings. The molecule has 0 atom stereocenters. The molecule has 0 aliphatic carbocycles. The lowest BCUT2D eigenvalue weighted by Gasteiger charge is -2.13. The van der Waals surface area contributed by atoms with Crippen LogP contribution < -0.4 is 15.8 Å². The van der Waals surface area contributed by atoms with E-state index >= 15 is 0 Å². The van der Waals surface area contributed by atoms with Crippen LogP contribution >= 0.6 is 23.2 Å². The number of carbonyl (C=O) groups is 1. The number of nitrogens with one attached hydrogen (secondary N) is 1. The molecule has 122 valence electrons. The Bertz CT molecular complexity index is 737. The number of hydrogen-bond acceptors (Lipinski definition) is 3. The number of anilines is 2. The second-order valence-electron chi connectivity index (χ2n) is 5.42. The van der Waals surface area contributed by atoms with Crippen LogP contribution in [0.15, 0.2) is 24.3 Å². The number of amides is 1. The molecule has 0 aliphatic heterocycles. The number of carbonyl (C=O) groups excluding carboxylic acids is 1. The van der Waals surface area contributed by atoms with Crippen LogP contribution in [-0.4, -0.2) is 12.5 Å². The van der Waals surface area contributed by atoms with E-state index < -0.39 is 0 Å². The number of ether oxygens (including phenoxy) is 1. The third kappa shape index (κ3) is 4.30. The van der Waals surface area contributed by atoms with Gasteiger partial charge in [-0.1, -0.05) is 29.3 Å². The van der Waals surface area contributed by atoms with E-state index in [1.54, 1.807) is 18.2 Å². The lowest BCUT2D eigenvalue weighted by molar-refractivity contribution is -0.118. The maximum absolute atomic E-state index is 12.0. The SMILES string of the molecule is Cc1cc(C)c(OCC(=O)Nc2cc(Cl)c(C)cc2N)c(Cl)c1. The molecule has 0 saturated heterocycles. The van der Waals surface area contributed by atoms with Gasteiger partial charge in [-0.2, -0.15) is 0 Å². The van der Waals surface area contributed by atoms with E-state index in [-0.39, 0.29) is 12.5 Å². The fourth-order valence-electron chi connectivity index (χ4n) is 2.22. The first-order valence-corrected chi connectivity index (χ1v) is 7.78. The molecule has 2 aromatic carbocycles. The fraction of sp³-hybridized carbons (Fsp3) is 0.235. The van der Waals surface area contributed by atoms with Gasteiger partial charge in [-0.3, -0.25) is 4.79 Å². The summed E-state index contributed by atoms with van der Waals surface area (Å²) in [5, 5.41) is 3.70. The number of halogens is 2. The highest BCUT2D eigenvalue weighted by Crippen LogP contribution is 2.30. The lowest BCUT2D eigenvalue weighted by atomic mass is 10.1. The highest BCUT2D eigenvalue weighted by atomic mass is 35.5. The Labute approximate surface area is 145 Å². The zero-order valence-electron chi connectivity index (χ0n) is 13.2. The number of rotatable bonds is 4. The van der Waals surface area contributed by atoms with Crippen molar-refractivity contribution in [2.45, 2.75) is 20.8 Å². The molecule has 0 spiro atoms. The van der Waals surface area contributed by atoms with Gasteiger partial charge in [0, 0.05) is 5.02 Å². The van der Waals surface area contributed by atoms with Gasteiger partial charge < -0.3 is 15.8 Å². The molecule has 1 amide bonds. The smallest absolute Gasteiger partial charge is 0.262 e. The Kier molecular flexibility index (Phi) is 5.39. The van der Waals surface area contributed by atoms with Crippen molar-refractivity contribution in [1.82, 2.24) is 0 Å². The van der Waals surface area contributed by atoms with Gasteiger partial charge in [0.25, 0.3) is 5.91 Å². The summed E-state index contributed by atoms with van der Waals surface area (Å²) in [4.78, 5) is 12.0. The maximum Gasteiger partial charge on any atom is 0.262 e. The van der Waals surface area contributed by atoms with Gasteiger partial charge >= 0.3 is 0 Å². The summed E-state index contributed by atoms with van der Waals surface area (Å²) in [7, 11) is 0. The van der Waals surface area contributed by atoms with E-state index in [0.717, 1.165) is 16.7 Å². The van der Waals surface area contributed by atoms with Gasteiger partial charge in [-0.05, 0) is 55.7 Å². The minimum Gasteiger partial charge on any atom is -0.482 e. The van der Waals surface area contributed by atoms with E-state index in [0.29, 0.717) is 27.2 Å². The predicted octanol–water partition coefficient (Wildman–Crippen LogP) is 4.52. The standard InChI is InChI=1S/C17H18Cl2N2O2/c1-9-4-11(3)17(13(19)5-9)23-8-16(22)21-15-7-12(18)10(2)6-14(15)20/h4-7H,8,20H2,1-3H3,(H,21,22). The Balaban J connectivity index is 2.05. The molecule has 0 bridgehead atoms. The lowest BCUT2D eigenvalue weighted by Crippen LogP contribution is -2.21. The van der Waals surface area contributed by atoms with Crippen LogP contribution in [0.25, 0.3) is 0 Å². The summed E-state index contributed by atoms with van der Waals surface area (Å²) < 4.78 is 5.53. The first-order valence-electron chi connectivity index (χ1n) is 7.03. The second-order valence-corrected chi connectivity index (χ2v) is 6.23. The summed E-state index contributed by atoms with van der Waals surface area (Å²) in [6.45, 7) is 5.49. The molecule has 0 unspecified atom stereocenters. The summed E-state index contributed by atoms with van der Waals surface area (Å²) in [6.07, 6.45) is 0. The highest BCUT2D eigenvalue weighted by molar-refractivity contribution is 6.32. The molecule has 0 heterocycles. The first-order chi connectivity index (χ1) is 10.8. The monoisotopic (exact) mass is 352 g/mol. The van der Waals surface area contributed by atoms with E-state index in [9.17, 15) is 4.79 Å².